The van der Waals surface area contributed by atoms with Gasteiger partial charge in [-0.2, -0.15) is 0 Å². The Labute approximate surface area is 222 Å². The third kappa shape index (κ3) is 7.53. The van der Waals surface area contributed by atoms with E-state index in [1.165, 1.54) is 6.07 Å². The molecule has 0 spiro atoms. The molecule has 0 atom stereocenters. The molecule has 1 aliphatic rings. The minimum atomic E-state index is -0.315. The largest absolute Gasteiger partial charge is 0.397 e. The number of aryl methyl sites for hydroxylation is 1. The first-order valence-electron chi connectivity index (χ1n) is 12.8. The van der Waals surface area contributed by atoms with Crippen molar-refractivity contribution in [2.75, 3.05) is 55.8 Å². The molecule has 4 N–H and O–H groups in total. The number of para-hydroxylation sites is 2. The van der Waals surface area contributed by atoms with Crippen molar-refractivity contribution in [1.29, 1.82) is 0 Å². The molecule has 0 saturated carbocycles. The van der Waals surface area contributed by atoms with E-state index in [0.29, 0.717) is 41.3 Å². The zero-order chi connectivity index (χ0) is 26.9. The Kier molecular flexibility index (Phi) is 9.29. The Morgan fingerprint density at radius 2 is 1.76 bits per heavy atom. The number of hydrogen-bond donors (Lipinski definition) is 3. The third-order valence-corrected chi connectivity index (χ3v) is 6.50. The summed E-state index contributed by atoms with van der Waals surface area (Å²) >= 11 is 0. The maximum atomic E-state index is 13.7. The average Bonchev–Trinajstić information content (AvgIpc) is 2.92. The van der Waals surface area contributed by atoms with Gasteiger partial charge in [-0.1, -0.05) is 24.3 Å². The number of rotatable bonds is 9. The van der Waals surface area contributed by atoms with E-state index in [2.05, 4.69) is 15.5 Å². The summed E-state index contributed by atoms with van der Waals surface area (Å²) in [5.41, 5.74) is 9.36. The summed E-state index contributed by atoms with van der Waals surface area (Å²) in [5.74, 6) is -0.578. The van der Waals surface area contributed by atoms with E-state index in [0.717, 1.165) is 44.8 Å². The van der Waals surface area contributed by atoms with Crippen LogP contribution in [-0.2, 0) is 11.3 Å². The molecule has 0 bridgehead atoms. The number of nitrogen functional groups attached to an aromatic ring is 1. The first kappa shape index (κ1) is 27.1. The second kappa shape index (κ2) is 13.0. The second-order valence-corrected chi connectivity index (χ2v) is 9.36. The van der Waals surface area contributed by atoms with Gasteiger partial charge >= 0.3 is 6.03 Å². The summed E-state index contributed by atoms with van der Waals surface area (Å²) < 4.78 is 19.1. The zero-order valence-electron chi connectivity index (χ0n) is 21.6. The molecule has 0 radical (unpaired) electrons. The highest BCUT2D eigenvalue weighted by molar-refractivity contribution is 6.05. The first-order chi connectivity index (χ1) is 18.4. The predicted octanol–water partition coefficient (Wildman–Crippen LogP) is 4.73. The van der Waals surface area contributed by atoms with Crippen LogP contribution in [0.5, 0.6) is 0 Å². The van der Waals surface area contributed by atoms with Crippen LogP contribution in [0.3, 0.4) is 0 Å². The van der Waals surface area contributed by atoms with Gasteiger partial charge in [0.25, 0.3) is 5.91 Å². The molecule has 8 nitrogen and oxygen atoms in total. The highest BCUT2D eigenvalue weighted by atomic mass is 19.1. The Bertz CT molecular complexity index is 1250. The number of urea groups is 1. The molecule has 0 aliphatic carbocycles. The molecule has 3 aromatic carbocycles. The SMILES string of the molecule is Cc1cc(NC(=O)N(CCCN2CCOCC2)Cc2ccc(C(=O)Nc3ccccc3N)cc2)ccc1F. The van der Waals surface area contributed by atoms with E-state index in [4.69, 9.17) is 10.5 Å². The van der Waals surface area contributed by atoms with Crippen LogP contribution in [0.1, 0.15) is 27.9 Å². The fourth-order valence-corrected chi connectivity index (χ4v) is 4.27. The molecular weight excluding hydrogens is 485 g/mol. The van der Waals surface area contributed by atoms with Gasteiger partial charge in [-0.15, -0.1) is 0 Å². The van der Waals surface area contributed by atoms with Gasteiger partial charge in [-0.3, -0.25) is 9.69 Å². The van der Waals surface area contributed by atoms with E-state index >= 15 is 0 Å². The number of amides is 3. The zero-order valence-corrected chi connectivity index (χ0v) is 21.6. The Morgan fingerprint density at radius 1 is 1.03 bits per heavy atom. The number of nitrogens with one attached hydrogen (secondary N) is 2. The normalized spacial score (nSPS) is 13.6. The summed E-state index contributed by atoms with van der Waals surface area (Å²) in [6.07, 6.45) is 0.800. The topological polar surface area (TPSA) is 99.9 Å². The highest BCUT2D eigenvalue weighted by Gasteiger charge is 2.17. The van der Waals surface area contributed by atoms with Gasteiger partial charge in [-0.25, -0.2) is 9.18 Å². The number of halogens is 1. The number of anilines is 3. The molecule has 200 valence electrons. The van der Waals surface area contributed by atoms with Gasteiger partial charge in [0, 0.05) is 44.0 Å². The van der Waals surface area contributed by atoms with Crippen LogP contribution in [0.4, 0.5) is 26.2 Å². The minimum Gasteiger partial charge on any atom is -0.397 e. The summed E-state index contributed by atoms with van der Waals surface area (Å²) in [4.78, 5) is 30.0. The second-order valence-electron chi connectivity index (χ2n) is 9.36. The lowest BCUT2D eigenvalue weighted by Gasteiger charge is -2.28. The highest BCUT2D eigenvalue weighted by Crippen LogP contribution is 2.19. The van der Waals surface area contributed by atoms with E-state index in [1.807, 2.05) is 12.1 Å². The molecule has 4 rings (SSSR count). The van der Waals surface area contributed by atoms with Gasteiger partial charge in [0.05, 0.1) is 24.6 Å². The Balaban J connectivity index is 1.41. The lowest BCUT2D eigenvalue weighted by atomic mass is 10.1. The summed E-state index contributed by atoms with van der Waals surface area (Å²) in [7, 11) is 0. The van der Waals surface area contributed by atoms with E-state index in [9.17, 15) is 14.0 Å². The van der Waals surface area contributed by atoms with Crippen molar-refractivity contribution in [2.45, 2.75) is 19.9 Å². The molecule has 1 saturated heterocycles. The van der Waals surface area contributed by atoms with Crippen molar-refractivity contribution < 1.29 is 18.7 Å². The number of ether oxygens (including phenoxy) is 1. The molecule has 1 heterocycles. The molecular formula is C29H34FN5O3. The van der Waals surface area contributed by atoms with Crippen LogP contribution in [0, 0.1) is 12.7 Å². The number of morpholine rings is 1. The molecule has 1 fully saturated rings. The number of carbonyl (C=O) groups is 2. The number of nitrogens with zero attached hydrogens (tertiary/aromatic N) is 2. The van der Waals surface area contributed by atoms with Crippen molar-refractivity contribution in [3.63, 3.8) is 0 Å². The van der Waals surface area contributed by atoms with Crippen molar-refractivity contribution in [2.24, 2.45) is 0 Å². The van der Waals surface area contributed by atoms with E-state index in [-0.39, 0.29) is 17.8 Å². The smallest absolute Gasteiger partial charge is 0.322 e. The summed E-state index contributed by atoms with van der Waals surface area (Å²) in [6, 6.07) is 18.5. The molecule has 0 aromatic heterocycles. The minimum absolute atomic E-state index is 0.263. The lowest BCUT2D eigenvalue weighted by Crippen LogP contribution is -2.40. The fraction of sp³-hybridized carbons (Fsp3) is 0.310. The van der Waals surface area contributed by atoms with Gasteiger partial charge in [0.2, 0.25) is 0 Å². The van der Waals surface area contributed by atoms with Crippen LogP contribution in [0.2, 0.25) is 0 Å². The standard InChI is InChI=1S/C29H34FN5O3/c1-21-19-24(11-12-25(21)30)32-29(37)35(14-4-13-34-15-17-38-18-16-34)20-22-7-9-23(10-8-22)28(36)33-27-6-3-2-5-26(27)31/h2-3,5-12,19H,4,13-18,20,31H2,1H3,(H,32,37)(H,33,36). The van der Waals surface area contributed by atoms with Crippen LogP contribution < -0.4 is 16.4 Å². The van der Waals surface area contributed by atoms with Crippen LogP contribution in [0.15, 0.2) is 66.7 Å². The summed E-state index contributed by atoms with van der Waals surface area (Å²) in [5, 5.41) is 5.71. The van der Waals surface area contributed by atoms with Crippen molar-refractivity contribution >= 4 is 29.0 Å². The number of nitrogens with two attached hydrogens (primary N) is 1. The first-order valence-corrected chi connectivity index (χ1v) is 12.8. The summed E-state index contributed by atoms with van der Waals surface area (Å²) in [6.45, 7) is 6.66. The van der Waals surface area contributed by atoms with Gasteiger partial charge in [0.15, 0.2) is 0 Å². The van der Waals surface area contributed by atoms with Gasteiger partial charge in [0.1, 0.15) is 5.82 Å². The van der Waals surface area contributed by atoms with Crippen LogP contribution in [-0.4, -0.2) is 61.1 Å². The Morgan fingerprint density at radius 3 is 2.47 bits per heavy atom. The van der Waals surface area contributed by atoms with Crippen molar-refractivity contribution in [3.8, 4) is 0 Å². The lowest BCUT2D eigenvalue weighted by molar-refractivity contribution is 0.0365. The molecule has 3 aromatic rings. The number of benzene rings is 3. The monoisotopic (exact) mass is 519 g/mol. The fourth-order valence-electron chi connectivity index (χ4n) is 4.27. The van der Waals surface area contributed by atoms with E-state index in [1.54, 1.807) is 60.4 Å². The van der Waals surface area contributed by atoms with Crippen molar-refractivity contribution in [3.05, 3.63) is 89.2 Å². The number of carbonyl (C=O) groups excluding carboxylic acids is 2. The van der Waals surface area contributed by atoms with Gasteiger partial charge in [-0.05, 0) is 66.9 Å². The van der Waals surface area contributed by atoms with Crippen molar-refractivity contribution in [1.82, 2.24) is 9.80 Å². The molecule has 3 amide bonds. The maximum Gasteiger partial charge on any atom is 0.322 e. The van der Waals surface area contributed by atoms with E-state index < -0.39 is 0 Å². The predicted molar refractivity (Wildman–Crippen MR) is 148 cm³/mol. The molecule has 1 aliphatic heterocycles. The third-order valence-electron chi connectivity index (χ3n) is 6.50. The van der Waals surface area contributed by atoms with Crippen LogP contribution in [0.25, 0.3) is 0 Å². The maximum absolute atomic E-state index is 13.7. The molecule has 0 unspecified atom stereocenters. The quantitative estimate of drug-likeness (QED) is 0.355. The Hall–Kier alpha value is -3.95. The molecule has 9 heteroatoms. The van der Waals surface area contributed by atoms with Crippen LogP contribution >= 0.6 is 0 Å². The van der Waals surface area contributed by atoms with Gasteiger partial charge < -0.3 is 26.0 Å². The average molecular weight is 520 g/mol. The number of hydrogen-bond acceptors (Lipinski definition) is 5. The molecule has 38 heavy (non-hydrogen) atoms.